The predicted octanol–water partition coefficient (Wildman–Crippen LogP) is 2.69. The largest absolute Gasteiger partial charge is 0.339 e. The Morgan fingerprint density at radius 1 is 1.35 bits per heavy atom. The number of aromatic amines is 2. The van der Waals surface area contributed by atoms with E-state index in [1.807, 2.05) is 30.5 Å². The van der Waals surface area contributed by atoms with Crippen LogP contribution >= 0.6 is 0 Å². The zero-order chi connectivity index (χ0) is 15.9. The zero-order valence-corrected chi connectivity index (χ0v) is 12.4. The third-order valence-corrected chi connectivity index (χ3v) is 4.30. The molecule has 0 bridgehead atoms. The summed E-state index contributed by atoms with van der Waals surface area (Å²) >= 11 is 0. The van der Waals surface area contributed by atoms with Crippen LogP contribution in [0.4, 0.5) is 4.39 Å². The fourth-order valence-electron chi connectivity index (χ4n) is 3.10. The monoisotopic (exact) mass is 310 g/mol. The van der Waals surface area contributed by atoms with E-state index in [1.165, 1.54) is 4.90 Å². The van der Waals surface area contributed by atoms with Gasteiger partial charge in [-0.3, -0.25) is 5.10 Å². The number of hydrogen-bond acceptors (Lipinski definition) is 4. The number of aromatic nitrogens is 4. The minimum atomic E-state index is -1.61. The van der Waals surface area contributed by atoms with E-state index in [2.05, 4.69) is 20.2 Å². The third-order valence-electron chi connectivity index (χ3n) is 4.30. The first kappa shape index (κ1) is 13.8. The van der Waals surface area contributed by atoms with E-state index in [0.29, 0.717) is 25.2 Å². The zero-order valence-electron chi connectivity index (χ0n) is 12.4. The summed E-state index contributed by atoms with van der Waals surface area (Å²) < 4.78 is 15.3. The summed E-state index contributed by atoms with van der Waals surface area (Å²) in [6, 6.07) is 7.59. The number of piperidine rings is 1. The molecule has 0 aliphatic carbocycles. The molecule has 3 aromatic rings. The number of alkyl halides is 1. The SMILES string of the molecule is N#CN1CCCC(F)(c2nc3ccc(-c4ccn[nH]4)cc3[nH]2)C1. The lowest BCUT2D eigenvalue weighted by Gasteiger charge is -2.32. The summed E-state index contributed by atoms with van der Waals surface area (Å²) in [4.78, 5) is 8.95. The Hall–Kier alpha value is -2.88. The number of likely N-dealkylation sites (tertiary alicyclic amines) is 1. The molecular weight excluding hydrogens is 295 g/mol. The van der Waals surface area contributed by atoms with Crippen LogP contribution in [0.5, 0.6) is 0 Å². The summed E-state index contributed by atoms with van der Waals surface area (Å²) in [7, 11) is 0. The second-order valence-electron chi connectivity index (χ2n) is 5.88. The van der Waals surface area contributed by atoms with Gasteiger partial charge in [-0.05, 0) is 31.0 Å². The molecule has 1 aromatic carbocycles. The van der Waals surface area contributed by atoms with Gasteiger partial charge in [-0.15, -0.1) is 0 Å². The molecule has 116 valence electrons. The van der Waals surface area contributed by atoms with E-state index in [0.717, 1.165) is 22.3 Å². The van der Waals surface area contributed by atoms with Gasteiger partial charge in [0.15, 0.2) is 11.9 Å². The van der Waals surface area contributed by atoms with Gasteiger partial charge in [0, 0.05) is 18.3 Å². The first-order valence-electron chi connectivity index (χ1n) is 7.51. The molecule has 1 unspecified atom stereocenters. The molecule has 6 nitrogen and oxygen atoms in total. The van der Waals surface area contributed by atoms with Gasteiger partial charge in [-0.1, -0.05) is 6.07 Å². The topological polar surface area (TPSA) is 84.4 Å². The number of fused-ring (bicyclic) bond motifs is 1. The maximum atomic E-state index is 15.3. The molecule has 1 aliphatic heterocycles. The van der Waals surface area contributed by atoms with Crippen molar-refractivity contribution in [3.05, 3.63) is 36.3 Å². The Bertz CT molecular complexity index is 878. The maximum absolute atomic E-state index is 15.3. The Balaban J connectivity index is 1.73. The summed E-state index contributed by atoms with van der Waals surface area (Å²) in [6.07, 6.45) is 4.73. The van der Waals surface area contributed by atoms with Crippen molar-refractivity contribution in [2.24, 2.45) is 0 Å². The Labute approximate surface area is 131 Å². The lowest BCUT2D eigenvalue weighted by molar-refractivity contribution is 0.0627. The van der Waals surface area contributed by atoms with Crippen LogP contribution in [0, 0.1) is 11.5 Å². The lowest BCUT2D eigenvalue weighted by Crippen LogP contribution is -2.41. The number of imidazole rings is 1. The highest BCUT2D eigenvalue weighted by atomic mass is 19.1. The predicted molar refractivity (Wildman–Crippen MR) is 82.9 cm³/mol. The van der Waals surface area contributed by atoms with Crippen LogP contribution in [-0.4, -0.2) is 38.2 Å². The quantitative estimate of drug-likeness (QED) is 0.713. The average Bonchev–Trinajstić information content (AvgIpc) is 3.23. The van der Waals surface area contributed by atoms with Crippen molar-refractivity contribution in [2.75, 3.05) is 13.1 Å². The van der Waals surface area contributed by atoms with E-state index in [4.69, 9.17) is 5.26 Å². The lowest BCUT2D eigenvalue weighted by atomic mass is 9.94. The maximum Gasteiger partial charge on any atom is 0.186 e. The third kappa shape index (κ3) is 2.32. The van der Waals surface area contributed by atoms with E-state index >= 15 is 4.39 Å². The number of nitrogens with zero attached hydrogens (tertiary/aromatic N) is 4. The van der Waals surface area contributed by atoms with Gasteiger partial charge in [0.1, 0.15) is 5.82 Å². The molecule has 4 rings (SSSR count). The number of nitrogens with one attached hydrogen (secondary N) is 2. The van der Waals surface area contributed by atoms with Crippen LogP contribution < -0.4 is 0 Å². The molecule has 1 saturated heterocycles. The Morgan fingerprint density at radius 2 is 2.26 bits per heavy atom. The van der Waals surface area contributed by atoms with Crippen LogP contribution in [0.3, 0.4) is 0 Å². The van der Waals surface area contributed by atoms with Crippen molar-refractivity contribution >= 4 is 11.0 Å². The van der Waals surface area contributed by atoms with Crippen LogP contribution in [0.1, 0.15) is 18.7 Å². The van der Waals surface area contributed by atoms with Crippen molar-refractivity contribution < 1.29 is 4.39 Å². The number of rotatable bonds is 2. The minimum Gasteiger partial charge on any atom is -0.339 e. The normalized spacial score (nSPS) is 21.5. The molecule has 7 heteroatoms. The van der Waals surface area contributed by atoms with Crippen molar-refractivity contribution in [3.8, 4) is 17.5 Å². The van der Waals surface area contributed by atoms with E-state index in [1.54, 1.807) is 6.20 Å². The highest BCUT2D eigenvalue weighted by Crippen LogP contribution is 2.35. The van der Waals surface area contributed by atoms with Gasteiger partial charge in [0.2, 0.25) is 0 Å². The smallest absolute Gasteiger partial charge is 0.186 e. The number of halogens is 1. The summed E-state index contributed by atoms with van der Waals surface area (Å²) in [6.45, 7) is 0.656. The van der Waals surface area contributed by atoms with Gasteiger partial charge >= 0.3 is 0 Å². The number of hydrogen-bond donors (Lipinski definition) is 2. The summed E-state index contributed by atoms with van der Waals surface area (Å²) in [5.41, 5.74) is 1.74. The van der Waals surface area contributed by atoms with Gasteiger partial charge in [-0.25, -0.2) is 9.37 Å². The highest BCUT2D eigenvalue weighted by Gasteiger charge is 2.40. The molecular formula is C16H15FN6. The van der Waals surface area contributed by atoms with Crippen molar-refractivity contribution in [2.45, 2.75) is 18.5 Å². The van der Waals surface area contributed by atoms with E-state index in [-0.39, 0.29) is 6.54 Å². The second-order valence-corrected chi connectivity index (χ2v) is 5.88. The van der Waals surface area contributed by atoms with Gasteiger partial charge < -0.3 is 9.88 Å². The second kappa shape index (κ2) is 5.09. The number of nitriles is 1. The van der Waals surface area contributed by atoms with Crippen molar-refractivity contribution in [3.63, 3.8) is 0 Å². The molecule has 1 atom stereocenters. The van der Waals surface area contributed by atoms with Gasteiger partial charge in [-0.2, -0.15) is 10.4 Å². The molecule has 23 heavy (non-hydrogen) atoms. The average molecular weight is 310 g/mol. The van der Waals surface area contributed by atoms with Crippen LogP contribution in [-0.2, 0) is 5.67 Å². The minimum absolute atomic E-state index is 0.0523. The van der Waals surface area contributed by atoms with Crippen LogP contribution in [0.2, 0.25) is 0 Å². The van der Waals surface area contributed by atoms with Crippen molar-refractivity contribution in [1.29, 1.82) is 5.26 Å². The number of H-pyrrole nitrogens is 2. The summed E-state index contributed by atoms with van der Waals surface area (Å²) in [5.74, 6) is 0.300. The standard InChI is InChI=1S/C16H15FN6/c17-16(5-1-7-23(9-16)10-18)15-20-13-3-2-11(8-14(13)21-15)12-4-6-19-22-12/h2-4,6,8H,1,5,7,9H2,(H,19,22)(H,20,21). The first-order chi connectivity index (χ1) is 11.2. The van der Waals surface area contributed by atoms with E-state index < -0.39 is 5.67 Å². The summed E-state index contributed by atoms with van der Waals surface area (Å²) in [5, 5.41) is 15.9. The molecule has 2 N–H and O–H groups in total. The molecule has 1 fully saturated rings. The molecule has 2 aromatic heterocycles. The van der Waals surface area contributed by atoms with E-state index in [9.17, 15) is 0 Å². The molecule has 0 saturated carbocycles. The number of benzene rings is 1. The Morgan fingerprint density at radius 3 is 3.04 bits per heavy atom. The van der Waals surface area contributed by atoms with Gasteiger partial charge in [0.05, 0.1) is 23.3 Å². The molecule has 0 amide bonds. The van der Waals surface area contributed by atoms with Crippen LogP contribution in [0.25, 0.3) is 22.3 Å². The molecule has 0 spiro atoms. The molecule has 1 aliphatic rings. The van der Waals surface area contributed by atoms with Crippen LogP contribution in [0.15, 0.2) is 30.5 Å². The molecule has 0 radical (unpaired) electrons. The first-order valence-corrected chi connectivity index (χ1v) is 7.51. The van der Waals surface area contributed by atoms with Gasteiger partial charge in [0.25, 0.3) is 0 Å². The Kier molecular flexibility index (Phi) is 3.05. The van der Waals surface area contributed by atoms with Crippen molar-refractivity contribution in [1.82, 2.24) is 25.1 Å². The highest BCUT2D eigenvalue weighted by molar-refractivity contribution is 5.81. The molecule has 3 heterocycles. The fourth-order valence-corrected chi connectivity index (χ4v) is 3.10. The fraction of sp³-hybridized carbons (Fsp3) is 0.312.